The summed E-state index contributed by atoms with van der Waals surface area (Å²) >= 11 is 0. The van der Waals surface area contributed by atoms with Gasteiger partial charge in [0.1, 0.15) is 0 Å². The number of nitrogens with one attached hydrogen (secondary N) is 1. The Hall–Kier alpha value is -2.95. The van der Waals surface area contributed by atoms with E-state index in [0.29, 0.717) is 30.5 Å². The van der Waals surface area contributed by atoms with Crippen LogP contribution in [0.4, 0.5) is 0 Å². The molecular formula is C23H27N3O2. The summed E-state index contributed by atoms with van der Waals surface area (Å²) in [5.74, 6) is 1.48. The molecule has 0 bridgehead atoms. The van der Waals surface area contributed by atoms with Gasteiger partial charge >= 0.3 is 0 Å². The Labute approximate surface area is 166 Å². The molecule has 0 spiro atoms. The Balaban J connectivity index is 1.53. The van der Waals surface area contributed by atoms with Crippen molar-refractivity contribution in [2.75, 3.05) is 0 Å². The molecule has 0 saturated carbocycles. The van der Waals surface area contributed by atoms with E-state index in [1.54, 1.807) is 0 Å². The summed E-state index contributed by atoms with van der Waals surface area (Å²) in [5, 5.41) is 7.05. The Kier molecular flexibility index (Phi) is 6.24. The van der Waals surface area contributed by atoms with Gasteiger partial charge in [-0.2, -0.15) is 4.98 Å². The Morgan fingerprint density at radius 3 is 2.29 bits per heavy atom. The molecule has 1 heterocycles. The fourth-order valence-corrected chi connectivity index (χ4v) is 2.96. The van der Waals surface area contributed by atoms with Crippen molar-refractivity contribution in [2.45, 2.75) is 52.5 Å². The van der Waals surface area contributed by atoms with Crippen LogP contribution in [0.1, 0.15) is 61.7 Å². The van der Waals surface area contributed by atoms with Crippen molar-refractivity contribution in [3.05, 3.63) is 71.1 Å². The van der Waals surface area contributed by atoms with E-state index in [1.165, 1.54) is 11.1 Å². The fraction of sp³-hybridized carbons (Fsp3) is 0.348. The largest absolute Gasteiger partial charge is 0.350 e. The normalized spacial score (nSPS) is 12.2. The molecule has 1 aromatic heterocycles. The lowest BCUT2D eigenvalue weighted by molar-refractivity contribution is -0.121. The zero-order chi connectivity index (χ0) is 20.1. The summed E-state index contributed by atoms with van der Waals surface area (Å²) < 4.78 is 5.31. The summed E-state index contributed by atoms with van der Waals surface area (Å²) in [5.41, 5.74) is 4.47. The lowest BCUT2D eigenvalue weighted by Crippen LogP contribution is -2.26. The number of nitrogens with zero attached hydrogens (tertiary/aromatic N) is 2. The molecule has 0 aliphatic heterocycles. The second-order valence-electron chi connectivity index (χ2n) is 7.49. The molecule has 0 radical (unpaired) electrons. The first-order valence-electron chi connectivity index (χ1n) is 9.71. The van der Waals surface area contributed by atoms with Gasteiger partial charge in [-0.3, -0.25) is 4.79 Å². The molecule has 0 fully saturated rings. The number of amides is 1. The highest BCUT2D eigenvalue weighted by Crippen LogP contribution is 2.21. The monoisotopic (exact) mass is 377 g/mol. The van der Waals surface area contributed by atoms with Gasteiger partial charge in [0.2, 0.25) is 17.6 Å². The average Bonchev–Trinajstić information content (AvgIpc) is 3.16. The molecule has 2 aromatic carbocycles. The first kappa shape index (κ1) is 19.8. The van der Waals surface area contributed by atoms with Crippen molar-refractivity contribution in [1.82, 2.24) is 15.5 Å². The van der Waals surface area contributed by atoms with Crippen LogP contribution in [0.15, 0.2) is 53.1 Å². The molecule has 1 amide bonds. The molecule has 0 aliphatic rings. The maximum absolute atomic E-state index is 12.2. The lowest BCUT2D eigenvalue weighted by atomic mass is 10.0. The number of aromatic nitrogens is 2. The van der Waals surface area contributed by atoms with E-state index in [9.17, 15) is 4.79 Å². The smallest absolute Gasteiger partial charge is 0.227 e. The molecule has 28 heavy (non-hydrogen) atoms. The molecule has 3 rings (SSSR count). The number of carbonyl (C=O) groups is 1. The van der Waals surface area contributed by atoms with E-state index in [-0.39, 0.29) is 11.9 Å². The highest BCUT2D eigenvalue weighted by molar-refractivity contribution is 5.76. The minimum atomic E-state index is -0.0363. The van der Waals surface area contributed by atoms with Crippen molar-refractivity contribution < 1.29 is 9.32 Å². The predicted octanol–water partition coefficient (Wildman–Crippen LogP) is 4.98. The first-order chi connectivity index (χ1) is 13.4. The van der Waals surface area contributed by atoms with Gasteiger partial charge in [0, 0.05) is 18.4 Å². The topological polar surface area (TPSA) is 68.0 Å². The van der Waals surface area contributed by atoms with Gasteiger partial charge in [0.15, 0.2) is 0 Å². The van der Waals surface area contributed by atoms with Crippen LogP contribution in [0.5, 0.6) is 0 Å². The molecule has 1 N–H and O–H groups in total. The van der Waals surface area contributed by atoms with Crippen LogP contribution in [0.3, 0.4) is 0 Å². The van der Waals surface area contributed by atoms with E-state index in [0.717, 1.165) is 11.1 Å². The maximum Gasteiger partial charge on any atom is 0.227 e. The Morgan fingerprint density at radius 1 is 1.00 bits per heavy atom. The van der Waals surface area contributed by atoms with Crippen molar-refractivity contribution in [3.8, 4) is 11.4 Å². The standard InChI is InChI=1S/C23H27N3O2/c1-15(2)18-9-11-20(12-10-18)23-25-22(28-26-23)14-13-21(27)24-17(4)19-7-5-16(3)6-8-19/h5-12,15,17H,13-14H2,1-4H3,(H,24,27). The van der Waals surface area contributed by atoms with Gasteiger partial charge in [-0.15, -0.1) is 0 Å². The second-order valence-corrected chi connectivity index (χ2v) is 7.49. The summed E-state index contributed by atoms with van der Waals surface area (Å²) in [6.07, 6.45) is 0.730. The fourth-order valence-electron chi connectivity index (χ4n) is 2.96. The minimum absolute atomic E-state index is 0.0332. The molecule has 1 atom stereocenters. The average molecular weight is 377 g/mol. The molecule has 5 nitrogen and oxygen atoms in total. The summed E-state index contributed by atoms with van der Waals surface area (Å²) in [6, 6.07) is 16.3. The minimum Gasteiger partial charge on any atom is -0.350 e. The quantitative estimate of drug-likeness (QED) is 0.631. The number of benzene rings is 2. The first-order valence-corrected chi connectivity index (χ1v) is 9.71. The number of hydrogen-bond donors (Lipinski definition) is 1. The summed E-state index contributed by atoms with van der Waals surface area (Å²) in [7, 11) is 0. The molecule has 146 valence electrons. The predicted molar refractivity (Wildman–Crippen MR) is 110 cm³/mol. The molecular weight excluding hydrogens is 350 g/mol. The van der Waals surface area contributed by atoms with Gasteiger partial charge < -0.3 is 9.84 Å². The van der Waals surface area contributed by atoms with E-state index in [1.807, 2.05) is 50.2 Å². The van der Waals surface area contributed by atoms with Crippen LogP contribution in [0, 0.1) is 6.92 Å². The van der Waals surface area contributed by atoms with Crippen LogP contribution < -0.4 is 5.32 Å². The highest BCUT2D eigenvalue weighted by Gasteiger charge is 2.13. The van der Waals surface area contributed by atoms with Crippen molar-refractivity contribution in [1.29, 1.82) is 0 Å². The van der Waals surface area contributed by atoms with Crippen LogP contribution in [-0.2, 0) is 11.2 Å². The van der Waals surface area contributed by atoms with Gasteiger partial charge in [-0.05, 0) is 30.9 Å². The SMILES string of the molecule is Cc1ccc(C(C)NC(=O)CCc2nc(-c3ccc(C(C)C)cc3)no2)cc1. The van der Waals surface area contributed by atoms with E-state index in [4.69, 9.17) is 4.52 Å². The molecule has 0 saturated heterocycles. The van der Waals surface area contributed by atoms with Gasteiger partial charge in [-0.25, -0.2) is 0 Å². The maximum atomic E-state index is 12.2. The zero-order valence-electron chi connectivity index (χ0n) is 16.9. The molecule has 1 unspecified atom stereocenters. The van der Waals surface area contributed by atoms with Crippen molar-refractivity contribution in [2.24, 2.45) is 0 Å². The van der Waals surface area contributed by atoms with Gasteiger partial charge in [0.05, 0.1) is 6.04 Å². The second kappa shape index (κ2) is 8.83. The summed E-state index contributed by atoms with van der Waals surface area (Å²) in [6.45, 7) is 8.34. The summed E-state index contributed by atoms with van der Waals surface area (Å²) in [4.78, 5) is 16.7. The van der Waals surface area contributed by atoms with Crippen molar-refractivity contribution >= 4 is 5.91 Å². The number of carbonyl (C=O) groups excluding carboxylic acids is 1. The van der Waals surface area contributed by atoms with E-state index < -0.39 is 0 Å². The van der Waals surface area contributed by atoms with Crippen LogP contribution >= 0.6 is 0 Å². The van der Waals surface area contributed by atoms with Crippen LogP contribution in [0.2, 0.25) is 0 Å². The van der Waals surface area contributed by atoms with Gasteiger partial charge in [0.25, 0.3) is 0 Å². The molecule has 5 heteroatoms. The Morgan fingerprint density at radius 2 is 1.64 bits per heavy atom. The number of rotatable bonds is 7. The van der Waals surface area contributed by atoms with Crippen LogP contribution in [0.25, 0.3) is 11.4 Å². The highest BCUT2D eigenvalue weighted by atomic mass is 16.5. The van der Waals surface area contributed by atoms with E-state index >= 15 is 0 Å². The number of aryl methyl sites for hydroxylation is 2. The molecule has 3 aromatic rings. The zero-order valence-corrected chi connectivity index (χ0v) is 16.9. The van der Waals surface area contributed by atoms with E-state index in [2.05, 4.69) is 41.4 Å². The van der Waals surface area contributed by atoms with Crippen molar-refractivity contribution in [3.63, 3.8) is 0 Å². The lowest BCUT2D eigenvalue weighted by Gasteiger charge is -2.14. The third kappa shape index (κ3) is 5.06. The third-order valence-corrected chi connectivity index (χ3v) is 4.82. The van der Waals surface area contributed by atoms with Gasteiger partial charge in [-0.1, -0.05) is 73.1 Å². The number of hydrogen-bond acceptors (Lipinski definition) is 4. The van der Waals surface area contributed by atoms with Crippen LogP contribution in [-0.4, -0.2) is 16.0 Å². The third-order valence-electron chi connectivity index (χ3n) is 4.82. The molecule has 0 aliphatic carbocycles. The Bertz CT molecular complexity index is 912.